The molecule has 0 spiro atoms. The summed E-state index contributed by atoms with van der Waals surface area (Å²) >= 11 is 0. The number of hydrogen-bond donors (Lipinski definition) is 3. The SMILES string of the molecule is CC(C)NC(=O)CNC(=O)c1cccc2c1CCNC2. The Bertz CT molecular complexity index is 512. The van der Waals surface area contributed by atoms with Crippen LogP contribution in [-0.2, 0) is 17.8 Å². The smallest absolute Gasteiger partial charge is 0.252 e. The summed E-state index contributed by atoms with van der Waals surface area (Å²) in [5.41, 5.74) is 2.94. The maximum absolute atomic E-state index is 12.2. The Labute approximate surface area is 119 Å². The van der Waals surface area contributed by atoms with E-state index in [1.165, 1.54) is 0 Å². The van der Waals surface area contributed by atoms with Gasteiger partial charge in [0.1, 0.15) is 0 Å². The van der Waals surface area contributed by atoms with Crippen molar-refractivity contribution in [1.29, 1.82) is 0 Å². The molecule has 1 aliphatic heterocycles. The third kappa shape index (κ3) is 3.57. The average Bonchev–Trinajstić information content (AvgIpc) is 2.43. The molecule has 5 nitrogen and oxygen atoms in total. The Morgan fingerprint density at radius 3 is 2.90 bits per heavy atom. The minimum absolute atomic E-state index is 0.0128. The lowest BCUT2D eigenvalue weighted by molar-refractivity contribution is -0.120. The molecule has 1 aliphatic rings. The predicted molar refractivity (Wildman–Crippen MR) is 77.5 cm³/mol. The van der Waals surface area contributed by atoms with Gasteiger partial charge in [-0.15, -0.1) is 0 Å². The lowest BCUT2D eigenvalue weighted by Crippen LogP contribution is -2.40. The number of rotatable bonds is 4. The van der Waals surface area contributed by atoms with Crippen LogP contribution in [-0.4, -0.2) is 30.9 Å². The summed E-state index contributed by atoms with van der Waals surface area (Å²) in [7, 11) is 0. The van der Waals surface area contributed by atoms with Crippen LogP contribution in [0.4, 0.5) is 0 Å². The van der Waals surface area contributed by atoms with Crippen LogP contribution in [0.5, 0.6) is 0 Å². The van der Waals surface area contributed by atoms with E-state index in [0.717, 1.165) is 30.6 Å². The van der Waals surface area contributed by atoms with Gasteiger partial charge in [-0.1, -0.05) is 12.1 Å². The third-order valence-corrected chi connectivity index (χ3v) is 3.24. The molecule has 0 fully saturated rings. The number of hydrogen-bond acceptors (Lipinski definition) is 3. The minimum atomic E-state index is -0.178. The van der Waals surface area contributed by atoms with Crippen LogP contribution < -0.4 is 16.0 Å². The van der Waals surface area contributed by atoms with Crippen LogP contribution in [0.3, 0.4) is 0 Å². The van der Waals surface area contributed by atoms with E-state index in [1.54, 1.807) is 0 Å². The van der Waals surface area contributed by atoms with Crippen molar-refractivity contribution in [3.8, 4) is 0 Å². The number of benzene rings is 1. The van der Waals surface area contributed by atoms with E-state index in [4.69, 9.17) is 0 Å². The first kappa shape index (κ1) is 14.5. The molecule has 1 heterocycles. The van der Waals surface area contributed by atoms with Crippen molar-refractivity contribution in [3.63, 3.8) is 0 Å². The zero-order chi connectivity index (χ0) is 14.5. The molecule has 0 saturated heterocycles. The Morgan fingerprint density at radius 2 is 2.15 bits per heavy atom. The summed E-state index contributed by atoms with van der Waals surface area (Å²) < 4.78 is 0. The van der Waals surface area contributed by atoms with E-state index >= 15 is 0 Å². The normalized spacial score (nSPS) is 13.8. The molecule has 0 radical (unpaired) electrons. The van der Waals surface area contributed by atoms with Gasteiger partial charge in [-0.05, 0) is 44.0 Å². The molecule has 2 rings (SSSR count). The van der Waals surface area contributed by atoms with Crippen molar-refractivity contribution in [2.45, 2.75) is 32.9 Å². The van der Waals surface area contributed by atoms with Crippen molar-refractivity contribution < 1.29 is 9.59 Å². The van der Waals surface area contributed by atoms with Gasteiger partial charge in [-0.3, -0.25) is 9.59 Å². The molecule has 0 aliphatic carbocycles. The first-order valence-electron chi connectivity index (χ1n) is 6.97. The third-order valence-electron chi connectivity index (χ3n) is 3.24. The van der Waals surface area contributed by atoms with Gasteiger partial charge in [0.05, 0.1) is 6.54 Å². The van der Waals surface area contributed by atoms with Gasteiger partial charge in [0.2, 0.25) is 5.91 Å². The second kappa shape index (κ2) is 6.52. The molecule has 108 valence electrons. The molecule has 2 amide bonds. The number of fused-ring (bicyclic) bond motifs is 1. The summed E-state index contributed by atoms with van der Waals surface area (Å²) in [6, 6.07) is 5.81. The van der Waals surface area contributed by atoms with E-state index < -0.39 is 0 Å². The average molecular weight is 275 g/mol. The summed E-state index contributed by atoms with van der Waals surface area (Å²) in [5, 5.41) is 8.71. The molecular weight excluding hydrogens is 254 g/mol. The Morgan fingerprint density at radius 1 is 1.35 bits per heavy atom. The summed E-state index contributed by atoms with van der Waals surface area (Å²) in [4.78, 5) is 23.7. The highest BCUT2D eigenvalue weighted by Gasteiger charge is 2.17. The van der Waals surface area contributed by atoms with Crippen molar-refractivity contribution in [3.05, 3.63) is 34.9 Å². The fourth-order valence-corrected chi connectivity index (χ4v) is 2.37. The zero-order valence-electron chi connectivity index (χ0n) is 12.0. The van der Waals surface area contributed by atoms with E-state index in [9.17, 15) is 9.59 Å². The summed E-state index contributed by atoms with van der Waals surface area (Å²) in [6.07, 6.45) is 0.844. The predicted octanol–water partition coefficient (Wildman–Crippen LogP) is 0.587. The summed E-state index contributed by atoms with van der Waals surface area (Å²) in [6.45, 7) is 5.47. The van der Waals surface area contributed by atoms with Gasteiger partial charge in [0.25, 0.3) is 5.91 Å². The molecule has 0 aromatic heterocycles. The minimum Gasteiger partial charge on any atom is -0.352 e. The highest BCUT2D eigenvalue weighted by atomic mass is 16.2. The lowest BCUT2D eigenvalue weighted by Gasteiger charge is -2.20. The maximum atomic E-state index is 12.2. The van der Waals surface area contributed by atoms with E-state index in [0.29, 0.717) is 5.56 Å². The number of amides is 2. The Balaban J connectivity index is 2.01. The van der Waals surface area contributed by atoms with Crippen LogP contribution in [0.15, 0.2) is 18.2 Å². The molecule has 0 atom stereocenters. The Kier molecular flexibility index (Phi) is 4.74. The van der Waals surface area contributed by atoms with Gasteiger partial charge in [-0.2, -0.15) is 0 Å². The largest absolute Gasteiger partial charge is 0.352 e. The molecule has 0 saturated carbocycles. The fourth-order valence-electron chi connectivity index (χ4n) is 2.37. The summed E-state index contributed by atoms with van der Waals surface area (Å²) in [5.74, 6) is -0.345. The van der Waals surface area contributed by atoms with E-state index in [-0.39, 0.29) is 24.4 Å². The van der Waals surface area contributed by atoms with Crippen LogP contribution in [0.1, 0.15) is 35.3 Å². The maximum Gasteiger partial charge on any atom is 0.252 e. The molecule has 3 N–H and O–H groups in total. The van der Waals surface area contributed by atoms with Crippen molar-refractivity contribution >= 4 is 11.8 Å². The molecular formula is C15H21N3O2. The van der Waals surface area contributed by atoms with Crippen molar-refractivity contribution in [1.82, 2.24) is 16.0 Å². The second-order valence-corrected chi connectivity index (χ2v) is 5.27. The standard InChI is InChI=1S/C15H21N3O2/c1-10(2)18-14(19)9-17-15(20)13-5-3-4-11-8-16-7-6-12(11)13/h3-5,10,16H,6-9H2,1-2H3,(H,17,20)(H,18,19). The van der Waals surface area contributed by atoms with Gasteiger partial charge < -0.3 is 16.0 Å². The first-order chi connectivity index (χ1) is 9.58. The molecule has 5 heteroatoms. The fraction of sp³-hybridized carbons (Fsp3) is 0.467. The van der Waals surface area contributed by atoms with Crippen LogP contribution in [0.25, 0.3) is 0 Å². The van der Waals surface area contributed by atoms with Gasteiger partial charge >= 0.3 is 0 Å². The number of carbonyl (C=O) groups excluding carboxylic acids is 2. The van der Waals surface area contributed by atoms with Crippen molar-refractivity contribution in [2.24, 2.45) is 0 Å². The molecule has 1 aromatic carbocycles. The number of nitrogens with one attached hydrogen (secondary N) is 3. The van der Waals surface area contributed by atoms with Crippen molar-refractivity contribution in [2.75, 3.05) is 13.1 Å². The first-order valence-corrected chi connectivity index (χ1v) is 6.97. The molecule has 0 bridgehead atoms. The van der Waals surface area contributed by atoms with Gasteiger partial charge in [0.15, 0.2) is 0 Å². The highest BCUT2D eigenvalue weighted by Crippen LogP contribution is 2.18. The molecule has 0 unspecified atom stereocenters. The van der Waals surface area contributed by atoms with E-state index in [2.05, 4.69) is 16.0 Å². The molecule has 20 heavy (non-hydrogen) atoms. The Hall–Kier alpha value is -1.88. The highest BCUT2D eigenvalue weighted by molar-refractivity contribution is 5.98. The van der Waals surface area contributed by atoms with Gasteiger partial charge in [0, 0.05) is 18.2 Å². The van der Waals surface area contributed by atoms with Crippen LogP contribution in [0, 0.1) is 0 Å². The number of carbonyl (C=O) groups is 2. The monoisotopic (exact) mass is 275 g/mol. The topological polar surface area (TPSA) is 70.2 Å². The van der Waals surface area contributed by atoms with Crippen LogP contribution >= 0.6 is 0 Å². The lowest BCUT2D eigenvalue weighted by atomic mass is 9.95. The quantitative estimate of drug-likeness (QED) is 0.753. The molecule has 1 aromatic rings. The van der Waals surface area contributed by atoms with Gasteiger partial charge in [-0.25, -0.2) is 0 Å². The zero-order valence-corrected chi connectivity index (χ0v) is 12.0. The van der Waals surface area contributed by atoms with Crippen LogP contribution in [0.2, 0.25) is 0 Å². The second-order valence-electron chi connectivity index (χ2n) is 5.27. The van der Waals surface area contributed by atoms with E-state index in [1.807, 2.05) is 32.0 Å².